The first-order chi connectivity index (χ1) is 20.8. The molecule has 0 saturated heterocycles. The number of hydrogen-bond acceptors (Lipinski definition) is 10. The van der Waals surface area contributed by atoms with Crippen LogP contribution in [0.15, 0.2) is 48.9 Å². The predicted molar refractivity (Wildman–Crippen MR) is 143 cm³/mol. The molecule has 1 aliphatic heterocycles. The molecule has 0 spiro atoms. The van der Waals surface area contributed by atoms with Crippen molar-refractivity contribution in [2.24, 2.45) is 5.41 Å². The summed E-state index contributed by atoms with van der Waals surface area (Å²) in [7, 11) is 0. The Morgan fingerprint density at radius 1 is 1.18 bits per heavy atom. The molecule has 7 rings (SSSR count). The third-order valence-corrected chi connectivity index (χ3v) is 8.03. The van der Waals surface area contributed by atoms with Crippen molar-refractivity contribution in [1.82, 2.24) is 24.5 Å². The van der Waals surface area contributed by atoms with Gasteiger partial charge < -0.3 is 25.2 Å². The molecule has 0 radical (unpaired) electrons. The molecular formula is C29H25F3N6O6. The van der Waals surface area contributed by atoms with Crippen molar-refractivity contribution in [1.29, 1.82) is 5.26 Å². The number of aromatic nitrogens is 4. The normalized spacial score (nSPS) is 23.7. The first-order valence-electron chi connectivity index (χ1n) is 13.5. The Morgan fingerprint density at radius 3 is 2.55 bits per heavy atom. The van der Waals surface area contributed by atoms with E-state index in [4.69, 9.17) is 15.1 Å². The summed E-state index contributed by atoms with van der Waals surface area (Å²) in [5.41, 5.74) is 1.32. The van der Waals surface area contributed by atoms with Crippen molar-refractivity contribution in [3.8, 4) is 23.1 Å². The Hall–Kier alpha value is -4.62. The third-order valence-electron chi connectivity index (χ3n) is 8.03. The number of benzene rings is 1. The highest BCUT2D eigenvalue weighted by Gasteiger charge is 2.53. The number of aliphatic hydroxyl groups is 4. The van der Waals surface area contributed by atoms with E-state index >= 15 is 0 Å². The van der Waals surface area contributed by atoms with Crippen LogP contribution >= 0.6 is 0 Å². The minimum Gasteiger partial charge on any atom is -0.434 e. The summed E-state index contributed by atoms with van der Waals surface area (Å²) in [5, 5.41) is 51.9. The summed E-state index contributed by atoms with van der Waals surface area (Å²) in [6.45, 7) is -1.32. The summed E-state index contributed by atoms with van der Waals surface area (Å²) in [4.78, 5) is 22.2. The maximum Gasteiger partial charge on any atom is 0.387 e. The lowest BCUT2D eigenvalue weighted by atomic mass is 9.70. The van der Waals surface area contributed by atoms with Gasteiger partial charge in [-0.3, -0.25) is 14.7 Å². The van der Waals surface area contributed by atoms with Gasteiger partial charge in [-0.1, -0.05) is 6.07 Å². The van der Waals surface area contributed by atoms with Crippen LogP contribution in [0.3, 0.4) is 0 Å². The zero-order valence-corrected chi connectivity index (χ0v) is 23.0. The minimum absolute atomic E-state index is 0.0205. The number of pyridine rings is 1. The fraction of sp³-hybridized carbons (Fsp3) is 0.345. The van der Waals surface area contributed by atoms with Crippen molar-refractivity contribution in [2.75, 3.05) is 0 Å². The highest BCUT2D eigenvalue weighted by Crippen LogP contribution is 2.54. The lowest BCUT2D eigenvalue weighted by molar-refractivity contribution is -0.385. The molecule has 4 aromatic rings. The molecule has 2 bridgehead atoms. The standard InChI is InChI=1S/C23H16F3N5O5.C6H9NO/c24-11-6-10(8-27-9-11)14-4-5-30-20(28-14)18-13-7-15(19(18)29-30)31(23(33,34)35)21(32)12-2-1-3-16(17(12)13)36-22(25)26;1-6(4-7)2-5(8)3-6/h1-6,8-9,13,15,22,33-35H,7H2;5,8H,2-3H2,1H3. The third kappa shape index (κ3) is 5.01. The van der Waals surface area contributed by atoms with E-state index in [-0.39, 0.29) is 46.2 Å². The topological polar surface area (TPSA) is 177 Å². The molecule has 4 heterocycles. The number of aliphatic hydroxyl groups excluding tert-OH is 1. The fourth-order valence-corrected chi connectivity index (χ4v) is 6.18. The van der Waals surface area contributed by atoms with E-state index < -0.39 is 36.4 Å². The Labute approximate surface area is 247 Å². The van der Waals surface area contributed by atoms with Crippen molar-refractivity contribution in [3.63, 3.8) is 0 Å². The number of amides is 1. The fourth-order valence-electron chi connectivity index (χ4n) is 6.18. The number of fused-ring (bicyclic) bond motifs is 9. The van der Waals surface area contributed by atoms with E-state index in [9.17, 15) is 33.3 Å². The number of rotatable bonds is 4. The van der Waals surface area contributed by atoms with Crippen LogP contribution in [0.2, 0.25) is 0 Å². The number of nitrogens with zero attached hydrogens (tertiary/aromatic N) is 6. The molecular weight excluding hydrogens is 585 g/mol. The average Bonchev–Trinajstić information content (AvgIpc) is 3.44. The van der Waals surface area contributed by atoms with Crippen LogP contribution in [0.4, 0.5) is 13.2 Å². The van der Waals surface area contributed by atoms with Gasteiger partial charge in [-0.2, -0.15) is 19.1 Å². The largest absolute Gasteiger partial charge is 0.434 e. The van der Waals surface area contributed by atoms with Gasteiger partial charge in [0.15, 0.2) is 5.65 Å². The quantitative estimate of drug-likeness (QED) is 0.251. The second kappa shape index (κ2) is 10.5. The molecule has 15 heteroatoms. The van der Waals surface area contributed by atoms with Gasteiger partial charge in [-0.05, 0) is 50.5 Å². The van der Waals surface area contributed by atoms with E-state index in [2.05, 4.69) is 21.1 Å². The van der Waals surface area contributed by atoms with Crippen molar-refractivity contribution in [3.05, 3.63) is 77.1 Å². The zero-order valence-electron chi connectivity index (χ0n) is 23.0. The highest BCUT2D eigenvalue weighted by atomic mass is 19.3. The number of nitriles is 1. The molecule has 2 atom stereocenters. The smallest absolute Gasteiger partial charge is 0.387 e. The Bertz CT molecular complexity index is 1810. The number of halogens is 3. The van der Waals surface area contributed by atoms with Gasteiger partial charge in [0.1, 0.15) is 11.6 Å². The molecule has 1 saturated carbocycles. The van der Waals surface area contributed by atoms with Crippen LogP contribution in [0, 0.1) is 22.6 Å². The van der Waals surface area contributed by atoms with E-state index in [0.717, 1.165) is 6.20 Å². The minimum atomic E-state index is -3.57. The number of carbonyl (C=O) groups is 1. The molecule has 228 valence electrons. The number of ether oxygens (including phenoxy) is 1. The van der Waals surface area contributed by atoms with Gasteiger partial charge in [-0.15, -0.1) is 0 Å². The lowest BCUT2D eigenvalue weighted by Gasteiger charge is -2.35. The van der Waals surface area contributed by atoms with E-state index in [1.54, 1.807) is 6.07 Å². The van der Waals surface area contributed by atoms with Gasteiger partial charge in [-0.25, -0.2) is 13.9 Å². The maximum atomic E-state index is 13.8. The number of alkyl halides is 2. The monoisotopic (exact) mass is 610 g/mol. The summed E-state index contributed by atoms with van der Waals surface area (Å²) < 4.78 is 46.4. The molecule has 3 aromatic heterocycles. The first-order valence-corrected chi connectivity index (χ1v) is 13.5. The molecule has 2 unspecified atom stereocenters. The van der Waals surface area contributed by atoms with E-state index in [1.165, 1.54) is 41.2 Å². The number of carbonyl (C=O) groups excluding carboxylic acids is 1. The summed E-state index contributed by atoms with van der Waals surface area (Å²) in [6.07, 6.45) is 1.51. The molecule has 3 aliphatic rings. The zero-order chi connectivity index (χ0) is 31.6. The van der Waals surface area contributed by atoms with Gasteiger partial charge in [0.2, 0.25) is 0 Å². The van der Waals surface area contributed by atoms with Crippen molar-refractivity contribution < 1.29 is 43.1 Å². The highest BCUT2D eigenvalue weighted by molar-refractivity contribution is 5.98. The molecule has 12 nitrogen and oxygen atoms in total. The van der Waals surface area contributed by atoms with Crippen molar-refractivity contribution in [2.45, 2.75) is 57.0 Å². The summed E-state index contributed by atoms with van der Waals surface area (Å²) >= 11 is 0. The van der Waals surface area contributed by atoms with Crippen LogP contribution in [0.5, 0.6) is 5.75 Å². The average molecular weight is 611 g/mol. The lowest BCUT2D eigenvalue weighted by Crippen LogP contribution is -2.53. The maximum absolute atomic E-state index is 13.8. The van der Waals surface area contributed by atoms with Crippen LogP contribution in [0.1, 0.15) is 65.3 Å². The molecule has 1 fully saturated rings. The van der Waals surface area contributed by atoms with Gasteiger partial charge in [0.05, 0.1) is 41.2 Å². The SMILES string of the molecule is CC1(C#N)CC(O)C1.O=C1c2cccc(OC(F)F)c2C2CC(c3nn4ccc(-c5cncc(F)c5)nc4c32)N1C(O)(O)O. The number of hydrogen-bond donors (Lipinski definition) is 4. The first kappa shape index (κ1) is 29.5. The molecule has 2 aliphatic carbocycles. The van der Waals surface area contributed by atoms with Crippen molar-refractivity contribution >= 4 is 11.6 Å². The Balaban J connectivity index is 0.000000374. The molecule has 44 heavy (non-hydrogen) atoms. The summed E-state index contributed by atoms with van der Waals surface area (Å²) in [6, 6.07) is 7.72. The van der Waals surface area contributed by atoms with E-state index in [1.807, 2.05) is 6.92 Å². The second-order valence-electron chi connectivity index (χ2n) is 11.2. The van der Waals surface area contributed by atoms with Crippen LogP contribution in [-0.4, -0.2) is 69.6 Å². The summed E-state index contributed by atoms with van der Waals surface area (Å²) in [5.74, 6) is -2.63. The van der Waals surface area contributed by atoms with Crippen LogP contribution in [0.25, 0.3) is 16.9 Å². The molecule has 4 N–H and O–H groups in total. The van der Waals surface area contributed by atoms with Gasteiger partial charge in [0, 0.05) is 40.6 Å². The molecule has 1 amide bonds. The Kier molecular flexibility index (Phi) is 7.05. The van der Waals surface area contributed by atoms with Gasteiger partial charge in [0.25, 0.3) is 5.91 Å². The second-order valence-corrected chi connectivity index (χ2v) is 11.2. The Morgan fingerprint density at radius 2 is 1.93 bits per heavy atom. The van der Waals surface area contributed by atoms with Gasteiger partial charge >= 0.3 is 12.7 Å². The van der Waals surface area contributed by atoms with Crippen LogP contribution < -0.4 is 4.74 Å². The predicted octanol–water partition coefficient (Wildman–Crippen LogP) is 2.82. The van der Waals surface area contributed by atoms with Crippen LogP contribution in [-0.2, 0) is 0 Å². The van der Waals surface area contributed by atoms with E-state index in [0.29, 0.717) is 34.6 Å². The molecule has 1 aromatic carbocycles.